The zero-order valence-electron chi connectivity index (χ0n) is 13.3. The van der Waals surface area contributed by atoms with E-state index in [0.717, 1.165) is 4.68 Å². The summed E-state index contributed by atoms with van der Waals surface area (Å²) in [5.74, 6) is -0.793. The van der Waals surface area contributed by atoms with E-state index < -0.39 is 33.1 Å². The van der Waals surface area contributed by atoms with E-state index in [1.165, 1.54) is 6.92 Å². The van der Waals surface area contributed by atoms with E-state index in [9.17, 15) is 21.6 Å². The van der Waals surface area contributed by atoms with E-state index in [1.807, 2.05) is 22.6 Å². The predicted octanol–water partition coefficient (Wildman–Crippen LogP) is 3.28. The summed E-state index contributed by atoms with van der Waals surface area (Å²) in [7, 11) is -4.03. The Morgan fingerprint density at radius 1 is 1.38 bits per heavy atom. The van der Waals surface area contributed by atoms with Crippen molar-refractivity contribution in [3.05, 3.63) is 17.0 Å². The highest BCUT2D eigenvalue weighted by atomic mass is 127. The number of oxime groups is 1. The highest BCUT2D eigenvalue weighted by molar-refractivity contribution is 14.1. The van der Waals surface area contributed by atoms with Gasteiger partial charge >= 0.3 is 6.18 Å². The minimum Gasteiger partial charge on any atom is -0.389 e. The van der Waals surface area contributed by atoms with Crippen LogP contribution in [-0.4, -0.2) is 28.8 Å². The summed E-state index contributed by atoms with van der Waals surface area (Å²) in [4.78, 5) is 5.02. The summed E-state index contributed by atoms with van der Waals surface area (Å²) in [5, 5.41) is 7.22. The molecule has 2 heterocycles. The average molecular weight is 479 g/mol. The van der Waals surface area contributed by atoms with Crippen LogP contribution in [0.3, 0.4) is 0 Å². The molecule has 0 radical (unpaired) electrons. The molecule has 0 N–H and O–H groups in total. The lowest BCUT2D eigenvalue weighted by molar-refractivity contribution is -0.144. The maximum Gasteiger partial charge on any atom is 0.433 e. The lowest BCUT2D eigenvalue weighted by atomic mass is 10.1. The van der Waals surface area contributed by atoms with Crippen molar-refractivity contribution >= 4 is 37.5 Å². The lowest BCUT2D eigenvalue weighted by Gasteiger charge is -2.14. The maximum atomic E-state index is 13.4. The van der Waals surface area contributed by atoms with Crippen LogP contribution in [0.5, 0.6) is 0 Å². The van der Waals surface area contributed by atoms with Gasteiger partial charge < -0.3 is 4.84 Å². The van der Waals surface area contributed by atoms with Gasteiger partial charge in [-0.05, 0) is 20.8 Å². The molecule has 0 amide bonds. The summed E-state index contributed by atoms with van der Waals surface area (Å²) in [6.07, 6.45) is -4.66. The first kappa shape index (κ1) is 19.5. The van der Waals surface area contributed by atoms with Gasteiger partial charge in [-0.1, -0.05) is 27.7 Å². The molecular formula is C13H17F3IN3O3S. The quantitative estimate of drug-likeness (QED) is 0.491. The number of alkyl halides is 4. The second-order valence-corrected chi connectivity index (χ2v) is 8.75. The van der Waals surface area contributed by atoms with Crippen LogP contribution in [0.4, 0.5) is 13.2 Å². The van der Waals surface area contributed by atoms with Gasteiger partial charge in [-0.3, -0.25) is 4.68 Å². The van der Waals surface area contributed by atoms with Gasteiger partial charge in [0.05, 0.1) is 11.4 Å². The van der Waals surface area contributed by atoms with E-state index in [1.54, 1.807) is 13.8 Å². The average Bonchev–Trinajstić information content (AvgIpc) is 2.98. The molecule has 1 aromatic heterocycles. The van der Waals surface area contributed by atoms with Gasteiger partial charge in [0.15, 0.2) is 14.9 Å². The molecule has 0 spiro atoms. The predicted molar refractivity (Wildman–Crippen MR) is 90.5 cm³/mol. The first-order valence-electron chi connectivity index (χ1n) is 7.11. The Kier molecular flexibility index (Phi) is 5.25. The van der Waals surface area contributed by atoms with Gasteiger partial charge in [0.25, 0.3) is 0 Å². The molecule has 0 saturated carbocycles. The van der Waals surface area contributed by atoms with Crippen LogP contribution < -0.4 is 0 Å². The van der Waals surface area contributed by atoms with Crippen molar-refractivity contribution in [1.82, 2.24) is 9.78 Å². The van der Waals surface area contributed by atoms with E-state index >= 15 is 0 Å². The Morgan fingerprint density at radius 3 is 2.42 bits per heavy atom. The number of halogens is 4. The minimum atomic E-state index is -4.69. The van der Waals surface area contributed by atoms with Gasteiger partial charge in [-0.25, -0.2) is 8.42 Å². The molecule has 0 saturated heterocycles. The standard InChI is InChI=1S/C13H17F3IN3O3S/c1-4-20-11(13(14,15)16)8(9(6-17)18-20)7-24(21,22)10-5-12(2,3)23-19-10/h4-7H2,1-3H3. The fraction of sp³-hybridized carbons (Fsp3) is 0.692. The third kappa shape index (κ3) is 3.86. The van der Waals surface area contributed by atoms with Crippen LogP contribution in [-0.2, 0) is 37.6 Å². The monoisotopic (exact) mass is 479 g/mol. The molecule has 6 nitrogen and oxygen atoms in total. The summed E-state index contributed by atoms with van der Waals surface area (Å²) in [6, 6.07) is 0. The van der Waals surface area contributed by atoms with Crippen LogP contribution >= 0.6 is 22.6 Å². The summed E-state index contributed by atoms with van der Waals surface area (Å²) >= 11 is 1.87. The zero-order valence-corrected chi connectivity index (χ0v) is 16.3. The molecule has 0 fully saturated rings. The molecule has 0 atom stereocenters. The molecule has 0 aromatic carbocycles. The van der Waals surface area contributed by atoms with E-state index in [-0.39, 0.29) is 33.7 Å². The second kappa shape index (κ2) is 6.46. The van der Waals surface area contributed by atoms with Gasteiger partial charge in [0, 0.05) is 23.0 Å². The van der Waals surface area contributed by atoms with Crippen molar-refractivity contribution in [3.63, 3.8) is 0 Å². The van der Waals surface area contributed by atoms with E-state index in [2.05, 4.69) is 10.3 Å². The number of nitrogens with zero attached hydrogens (tertiary/aromatic N) is 3. The number of aromatic nitrogens is 2. The van der Waals surface area contributed by atoms with Gasteiger partial charge in [0.1, 0.15) is 11.3 Å². The molecular weight excluding hydrogens is 462 g/mol. The number of sulfone groups is 1. The minimum absolute atomic E-state index is 0.00435. The lowest BCUT2D eigenvalue weighted by Crippen LogP contribution is -2.24. The topological polar surface area (TPSA) is 73.5 Å². The normalized spacial score (nSPS) is 17.7. The molecule has 1 aliphatic rings. The molecule has 136 valence electrons. The highest BCUT2D eigenvalue weighted by Crippen LogP contribution is 2.36. The summed E-state index contributed by atoms with van der Waals surface area (Å²) in [6.45, 7) is 4.83. The first-order chi connectivity index (χ1) is 10.9. The Morgan fingerprint density at radius 2 is 2.00 bits per heavy atom. The molecule has 2 rings (SSSR count). The van der Waals surface area contributed by atoms with Gasteiger partial charge in [0.2, 0.25) is 0 Å². The third-order valence-corrected chi connectivity index (χ3v) is 5.82. The molecule has 0 aliphatic carbocycles. The molecule has 1 aliphatic heterocycles. The number of aryl methyl sites for hydroxylation is 1. The van der Waals surface area contributed by atoms with Crippen molar-refractivity contribution in [2.75, 3.05) is 0 Å². The first-order valence-corrected chi connectivity index (χ1v) is 10.3. The van der Waals surface area contributed by atoms with Crippen molar-refractivity contribution in [2.45, 2.75) is 55.7 Å². The fourth-order valence-corrected chi connectivity index (χ4v) is 4.58. The van der Waals surface area contributed by atoms with Crippen LogP contribution in [0.2, 0.25) is 0 Å². The molecule has 24 heavy (non-hydrogen) atoms. The molecule has 0 unspecified atom stereocenters. The van der Waals surface area contributed by atoms with Gasteiger partial charge in [-0.2, -0.15) is 18.3 Å². The second-order valence-electron chi connectivity index (χ2n) is 5.99. The Labute approximate surface area is 151 Å². The SMILES string of the molecule is CCn1nc(CI)c(CS(=O)(=O)C2=NOC(C)(C)C2)c1C(F)(F)F. The number of hydrogen-bond acceptors (Lipinski definition) is 5. The van der Waals surface area contributed by atoms with Crippen molar-refractivity contribution in [2.24, 2.45) is 5.16 Å². The Balaban J connectivity index is 2.48. The fourth-order valence-electron chi connectivity index (χ4n) is 2.40. The third-order valence-electron chi connectivity index (χ3n) is 3.49. The molecule has 11 heteroatoms. The summed E-state index contributed by atoms with van der Waals surface area (Å²) in [5.41, 5.74) is -1.99. The van der Waals surface area contributed by atoms with Gasteiger partial charge in [-0.15, -0.1) is 0 Å². The van der Waals surface area contributed by atoms with Crippen LogP contribution in [0.25, 0.3) is 0 Å². The van der Waals surface area contributed by atoms with Crippen LogP contribution in [0, 0.1) is 0 Å². The largest absolute Gasteiger partial charge is 0.433 e. The maximum absolute atomic E-state index is 13.4. The molecule has 1 aromatic rings. The Bertz CT molecular complexity index is 769. The van der Waals surface area contributed by atoms with Crippen molar-refractivity contribution in [1.29, 1.82) is 0 Å². The van der Waals surface area contributed by atoms with E-state index in [0.29, 0.717) is 0 Å². The highest BCUT2D eigenvalue weighted by Gasteiger charge is 2.42. The van der Waals surface area contributed by atoms with Crippen molar-refractivity contribution in [3.8, 4) is 0 Å². The number of rotatable bonds is 4. The molecule has 0 bridgehead atoms. The van der Waals surface area contributed by atoms with Crippen molar-refractivity contribution < 1.29 is 26.4 Å². The van der Waals surface area contributed by atoms with Crippen LogP contribution in [0.15, 0.2) is 5.16 Å². The van der Waals surface area contributed by atoms with E-state index in [4.69, 9.17) is 4.84 Å². The Hall–Kier alpha value is -0.850. The zero-order chi connectivity index (χ0) is 18.3. The number of hydrogen-bond donors (Lipinski definition) is 0. The smallest absolute Gasteiger partial charge is 0.389 e. The van der Waals surface area contributed by atoms with Crippen LogP contribution in [0.1, 0.15) is 44.1 Å². The summed E-state index contributed by atoms with van der Waals surface area (Å²) < 4.78 is 66.2.